The second kappa shape index (κ2) is 7.70. The molecule has 1 aliphatic rings. The third-order valence-corrected chi connectivity index (χ3v) is 4.86. The zero-order valence-corrected chi connectivity index (χ0v) is 15.2. The molecular formula is C19H27N5O. The highest BCUT2D eigenvalue weighted by Gasteiger charge is 2.27. The fourth-order valence-corrected chi connectivity index (χ4v) is 3.48. The molecular weight excluding hydrogens is 314 g/mol. The number of rotatable bonds is 5. The van der Waals surface area contributed by atoms with E-state index in [9.17, 15) is 4.79 Å². The van der Waals surface area contributed by atoms with Crippen molar-refractivity contribution in [2.75, 3.05) is 14.1 Å². The van der Waals surface area contributed by atoms with Gasteiger partial charge in [0.05, 0.1) is 5.69 Å². The Morgan fingerprint density at radius 3 is 2.72 bits per heavy atom. The topological polar surface area (TPSA) is 62.2 Å². The molecule has 3 rings (SSSR count). The lowest BCUT2D eigenvalue weighted by molar-refractivity contribution is 0.235. The van der Waals surface area contributed by atoms with Crippen molar-refractivity contribution in [3.05, 3.63) is 42.1 Å². The number of carbonyl (C=O) groups is 1. The van der Waals surface area contributed by atoms with Crippen molar-refractivity contribution < 1.29 is 4.79 Å². The predicted molar refractivity (Wildman–Crippen MR) is 99.1 cm³/mol. The Labute approximate surface area is 149 Å². The van der Waals surface area contributed by atoms with Gasteiger partial charge < -0.3 is 15.5 Å². The van der Waals surface area contributed by atoms with Gasteiger partial charge in [-0.3, -0.25) is 4.68 Å². The lowest BCUT2D eigenvalue weighted by Crippen LogP contribution is -2.41. The fourth-order valence-electron chi connectivity index (χ4n) is 3.48. The van der Waals surface area contributed by atoms with Gasteiger partial charge in [0.2, 0.25) is 0 Å². The van der Waals surface area contributed by atoms with Crippen LogP contribution < -0.4 is 10.6 Å². The molecule has 0 spiro atoms. The fraction of sp³-hybridized carbons (Fsp3) is 0.474. The van der Waals surface area contributed by atoms with Crippen LogP contribution in [0.1, 0.15) is 24.8 Å². The van der Waals surface area contributed by atoms with Gasteiger partial charge in [0.1, 0.15) is 0 Å². The molecule has 134 valence electrons. The molecule has 2 atom stereocenters. The second-order valence-corrected chi connectivity index (χ2v) is 7.00. The van der Waals surface area contributed by atoms with E-state index in [-0.39, 0.29) is 12.1 Å². The van der Waals surface area contributed by atoms with Crippen molar-refractivity contribution in [3.8, 4) is 11.3 Å². The smallest absolute Gasteiger partial charge is 0.315 e. The molecule has 6 heteroatoms. The van der Waals surface area contributed by atoms with E-state index in [1.165, 1.54) is 0 Å². The number of aryl methyl sites for hydroxylation is 1. The third-order valence-electron chi connectivity index (χ3n) is 4.86. The summed E-state index contributed by atoms with van der Waals surface area (Å²) in [6.07, 6.45) is 5.15. The highest BCUT2D eigenvalue weighted by Crippen LogP contribution is 2.23. The maximum atomic E-state index is 12.2. The molecule has 2 amide bonds. The van der Waals surface area contributed by atoms with E-state index in [1.54, 1.807) is 4.68 Å². The largest absolute Gasteiger partial charge is 0.335 e. The van der Waals surface area contributed by atoms with Crippen LogP contribution in [0, 0.1) is 0 Å². The molecule has 1 heterocycles. The standard InChI is InChI=1S/C19H27N5O/c1-23(2)17-10-9-16(11-17)21-19(25)20-12-15-13-24(3)22-18(15)14-7-5-4-6-8-14/h4-8,13,16-17H,9-12H2,1-3H3,(H2,20,21,25)/t16-,17-/m0/s1. The molecule has 2 aromatic rings. The van der Waals surface area contributed by atoms with Crippen molar-refractivity contribution in [3.63, 3.8) is 0 Å². The zero-order chi connectivity index (χ0) is 17.8. The first kappa shape index (κ1) is 17.5. The average molecular weight is 341 g/mol. The summed E-state index contributed by atoms with van der Waals surface area (Å²) in [6, 6.07) is 10.8. The minimum atomic E-state index is -0.104. The molecule has 1 aliphatic carbocycles. The Bertz CT molecular complexity index is 710. The second-order valence-electron chi connectivity index (χ2n) is 7.00. The summed E-state index contributed by atoms with van der Waals surface area (Å²) < 4.78 is 1.79. The van der Waals surface area contributed by atoms with Crippen molar-refractivity contribution >= 4 is 6.03 Å². The highest BCUT2D eigenvalue weighted by atomic mass is 16.2. The first-order chi connectivity index (χ1) is 12.0. The molecule has 1 fully saturated rings. The summed E-state index contributed by atoms with van der Waals surface area (Å²) in [6.45, 7) is 0.466. The van der Waals surface area contributed by atoms with Crippen LogP contribution in [0.25, 0.3) is 11.3 Å². The van der Waals surface area contributed by atoms with Crippen molar-refractivity contribution in [1.29, 1.82) is 0 Å². The predicted octanol–water partition coefficient (Wildman–Crippen LogP) is 2.37. The minimum absolute atomic E-state index is 0.104. The molecule has 0 radical (unpaired) electrons. The number of nitrogens with one attached hydrogen (secondary N) is 2. The summed E-state index contributed by atoms with van der Waals surface area (Å²) in [5, 5.41) is 10.6. The van der Waals surface area contributed by atoms with Crippen LogP contribution >= 0.6 is 0 Å². The Morgan fingerprint density at radius 2 is 2.04 bits per heavy atom. The van der Waals surface area contributed by atoms with Gasteiger partial charge in [0, 0.05) is 43.0 Å². The number of hydrogen-bond acceptors (Lipinski definition) is 3. The summed E-state index contributed by atoms with van der Waals surface area (Å²) in [4.78, 5) is 14.5. The molecule has 25 heavy (non-hydrogen) atoms. The average Bonchev–Trinajstić information content (AvgIpc) is 3.20. The zero-order valence-electron chi connectivity index (χ0n) is 15.2. The molecule has 2 N–H and O–H groups in total. The maximum Gasteiger partial charge on any atom is 0.315 e. The summed E-state index contributed by atoms with van der Waals surface area (Å²) >= 11 is 0. The molecule has 0 aliphatic heterocycles. The van der Waals surface area contributed by atoms with Gasteiger partial charge in [-0.25, -0.2) is 4.79 Å². The van der Waals surface area contributed by atoms with E-state index in [2.05, 4.69) is 34.7 Å². The van der Waals surface area contributed by atoms with E-state index >= 15 is 0 Å². The Balaban J connectivity index is 1.56. The molecule has 1 saturated carbocycles. The molecule has 0 unspecified atom stereocenters. The Kier molecular flexibility index (Phi) is 5.38. The van der Waals surface area contributed by atoms with E-state index < -0.39 is 0 Å². The van der Waals surface area contributed by atoms with Crippen LogP contribution in [-0.4, -0.2) is 46.9 Å². The molecule has 0 saturated heterocycles. The van der Waals surface area contributed by atoms with Crippen LogP contribution in [0.4, 0.5) is 4.79 Å². The molecule has 6 nitrogen and oxygen atoms in total. The third kappa shape index (κ3) is 4.39. The quantitative estimate of drug-likeness (QED) is 0.878. The van der Waals surface area contributed by atoms with Gasteiger partial charge in [-0.2, -0.15) is 5.10 Å². The lowest BCUT2D eigenvalue weighted by Gasteiger charge is -2.19. The number of aromatic nitrogens is 2. The van der Waals surface area contributed by atoms with Crippen LogP contribution in [-0.2, 0) is 13.6 Å². The lowest BCUT2D eigenvalue weighted by atomic mass is 10.1. The first-order valence-electron chi connectivity index (χ1n) is 8.81. The molecule has 1 aromatic heterocycles. The number of amides is 2. The number of hydrogen-bond donors (Lipinski definition) is 2. The van der Waals surface area contributed by atoms with E-state index in [0.717, 1.165) is 36.1 Å². The van der Waals surface area contributed by atoms with E-state index in [0.29, 0.717) is 12.6 Å². The van der Waals surface area contributed by atoms with Gasteiger partial charge in [-0.1, -0.05) is 30.3 Å². The van der Waals surface area contributed by atoms with Gasteiger partial charge in [-0.15, -0.1) is 0 Å². The van der Waals surface area contributed by atoms with Gasteiger partial charge in [0.25, 0.3) is 0 Å². The van der Waals surface area contributed by atoms with Crippen molar-refractivity contribution in [2.24, 2.45) is 7.05 Å². The Morgan fingerprint density at radius 1 is 1.28 bits per heavy atom. The number of benzene rings is 1. The van der Waals surface area contributed by atoms with E-state index in [4.69, 9.17) is 0 Å². The van der Waals surface area contributed by atoms with Crippen LogP contribution in [0.15, 0.2) is 36.5 Å². The number of urea groups is 1. The van der Waals surface area contributed by atoms with Gasteiger partial charge >= 0.3 is 6.03 Å². The first-order valence-corrected chi connectivity index (χ1v) is 8.81. The summed E-state index contributed by atoms with van der Waals surface area (Å²) in [5.41, 5.74) is 2.99. The normalized spacial score (nSPS) is 20.0. The number of carbonyl (C=O) groups excluding carboxylic acids is 1. The summed E-state index contributed by atoms with van der Waals surface area (Å²) in [5.74, 6) is 0. The van der Waals surface area contributed by atoms with Crippen LogP contribution in [0.3, 0.4) is 0 Å². The van der Waals surface area contributed by atoms with Crippen LogP contribution in [0.5, 0.6) is 0 Å². The van der Waals surface area contributed by atoms with Gasteiger partial charge in [-0.05, 0) is 33.4 Å². The SMILES string of the molecule is CN(C)[C@H]1CC[C@H](NC(=O)NCc2cn(C)nc2-c2ccccc2)C1. The molecule has 1 aromatic carbocycles. The minimum Gasteiger partial charge on any atom is -0.335 e. The highest BCUT2D eigenvalue weighted by molar-refractivity contribution is 5.74. The number of nitrogens with zero attached hydrogens (tertiary/aromatic N) is 3. The van der Waals surface area contributed by atoms with E-state index in [1.807, 2.05) is 43.6 Å². The maximum absolute atomic E-state index is 12.2. The van der Waals surface area contributed by atoms with Crippen LogP contribution in [0.2, 0.25) is 0 Å². The monoisotopic (exact) mass is 341 g/mol. The summed E-state index contributed by atoms with van der Waals surface area (Å²) in [7, 11) is 6.09. The van der Waals surface area contributed by atoms with Crippen molar-refractivity contribution in [1.82, 2.24) is 25.3 Å². The molecule has 0 bridgehead atoms. The Hall–Kier alpha value is -2.34. The van der Waals surface area contributed by atoms with Gasteiger partial charge in [0.15, 0.2) is 0 Å². The van der Waals surface area contributed by atoms with Crippen molar-refractivity contribution in [2.45, 2.75) is 37.9 Å².